The summed E-state index contributed by atoms with van der Waals surface area (Å²) in [6.45, 7) is 40.0. The molecule has 0 atom stereocenters. The summed E-state index contributed by atoms with van der Waals surface area (Å²) in [6.07, 6.45) is 0. The van der Waals surface area contributed by atoms with E-state index in [0.717, 1.165) is 232 Å². The molecule has 27 rings (SSSR count). The topological polar surface area (TPSA) is 147 Å². The minimum atomic E-state index is 0.552. The molecule has 0 radical (unpaired) electrons. The average Bonchev–Trinajstić information content (AvgIpc) is 1.54. The Balaban J connectivity index is 0.000000116. The Kier molecular flexibility index (Phi) is 22.0. The van der Waals surface area contributed by atoms with Crippen LogP contribution in [-0.2, 0) is 0 Å². The first-order chi connectivity index (χ1) is 74.0. The number of aromatic nitrogens is 6. The van der Waals surface area contributed by atoms with Crippen molar-refractivity contribution in [2.24, 2.45) is 0 Å². The van der Waals surface area contributed by atoms with Gasteiger partial charge in [0.05, 0.1) is 151 Å². The van der Waals surface area contributed by atoms with Gasteiger partial charge in [0, 0.05) is 81.8 Å². The van der Waals surface area contributed by atoms with Gasteiger partial charge in [0.1, 0.15) is 6.07 Å². The van der Waals surface area contributed by atoms with Crippen molar-refractivity contribution in [3.05, 3.63) is 534 Å². The molecule has 0 saturated carbocycles. The lowest BCUT2D eigenvalue weighted by molar-refractivity contribution is 1.18. The molecule has 15 nitrogen and oxygen atoms in total. The molecule has 690 valence electrons. The maximum Gasteiger partial charge on any atom is 0.195 e. The normalized spacial score (nSPS) is 11.1. The summed E-state index contributed by atoms with van der Waals surface area (Å²) >= 11 is 0. The highest BCUT2D eigenvalue weighted by molar-refractivity contribution is 6.17. The Morgan fingerprint density at radius 1 is 0.180 bits per heavy atom. The first-order valence-corrected chi connectivity index (χ1v) is 48.7. The molecule has 15 heteroatoms. The lowest BCUT2D eigenvalue weighted by Gasteiger charge is -2.19. The van der Waals surface area contributed by atoms with Gasteiger partial charge in [-0.05, 0) is 242 Å². The maximum absolute atomic E-state index is 10.2. The summed E-state index contributed by atoms with van der Waals surface area (Å²) in [5, 5.41) is 51.7. The zero-order valence-electron chi connectivity index (χ0n) is 80.0. The fourth-order valence-corrected chi connectivity index (χ4v) is 22.4. The van der Waals surface area contributed by atoms with Crippen molar-refractivity contribution in [2.45, 2.75) is 0 Å². The second-order valence-electron chi connectivity index (χ2n) is 36.7. The zero-order chi connectivity index (χ0) is 101. The first-order valence-electron chi connectivity index (χ1n) is 48.7. The molecule has 150 heavy (non-hydrogen) atoms. The van der Waals surface area contributed by atoms with Crippen molar-refractivity contribution >= 4 is 159 Å². The summed E-state index contributed by atoms with van der Waals surface area (Å²) in [5.41, 5.74) is 34.6. The molecule has 0 spiro atoms. The van der Waals surface area contributed by atoms with Crippen molar-refractivity contribution in [3.63, 3.8) is 0 Å². The van der Waals surface area contributed by atoms with Gasteiger partial charge >= 0.3 is 0 Å². The van der Waals surface area contributed by atoms with Crippen molar-refractivity contribution in [3.8, 4) is 125 Å². The molecule has 0 aliphatic rings. The van der Waals surface area contributed by atoms with Crippen molar-refractivity contribution in [1.82, 2.24) is 27.4 Å². The summed E-state index contributed by atoms with van der Waals surface area (Å²) in [4.78, 5) is 19.5. The van der Waals surface area contributed by atoms with Crippen LogP contribution in [0.3, 0.4) is 0 Å². The first kappa shape index (κ1) is 89.2. The number of nitriles is 4. The Morgan fingerprint density at radius 3 is 0.813 bits per heavy atom. The van der Waals surface area contributed by atoms with Crippen molar-refractivity contribution in [2.75, 3.05) is 0 Å². The van der Waals surface area contributed by atoms with Crippen LogP contribution in [0.4, 0.5) is 28.4 Å². The van der Waals surface area contributed by atoms with Gasteiger partial charge in [0.25, 0.3) is 0 Å². The van der Waals surface area contributed by atoms with Gasteiger partial charge in [-0.25, -0.2) is 24.2 Å². The van der Waals surface area contributed by atoms with Crippen LogP contribution in [0.2, 0.25) is 0 Å². The number of fused-ring (bicyclic) bond motifs is 18. The highest BCUT2D eigenvalue weighted by Gasteiger charge is 2.28. The average molecular weight is 1910 g/mol. The molecule has 0 unspecified atom stereocenters. The fraction of sp³-hybridized carbons (Fsp3) is 0. The summed E-state index contributed by atoms with van der Waals surface area (Å²) in [5.74, 6) is 0. The molecular formula is C135H75N15. The van der Waals surface area contributed by atoms with E-state index >= 15 is 0 Å². The van der Waals surface area contributed by atoms with E-state index in [9.17, 15) is 21.0 Å². The Labute approximate surface area is 861 Å². The summed E-state index contributed by atoms with van der Waals surface area (Å²) in [6, 6.07) is 162. The van der Waals surface area contributed by atoms with Crippen molar-refractivity contribution < 1.29 is 0 Å². The number of rotatable bonds is 12. The molecular weight excluding hydrogens is 1830 g/mol. The Morgan fingerprint density at radius 2 is 0.447 bits per heavy atom. The molecule has 0 bridgehead atoms. The third-order valence-corrected chi connectivity index (χ3v) is 28.8. The predicted molar refractivity (Wildman–Crippen MR) is 608 cm³/mol. The lowest BCUT2D eigenvalue weighted by Crippen LogP contribution is -1.99. The van der Waals surface area contributed by atoms with Crippen LogP contribution >= 0.6 is 0 Å². The summed E-state index contributed by atoms with van der Waals surface area (Å²) < 4.78 is 13.4. The van der Waals surface area contributed by atoms with E-state index in [4.69, 9.17) is 32.9 Å². The minimum Gasteiger partial charge on any atom is -0.310 e. The van der Waals surface area contributed by atoms with Crippen LogP contribution in [0.25, 0.3) is 256 Å². The van der Waals surface area contributed by atoms with Gasteiger partial charge in [0.15, 0.2) is 28.4 Å². The van der Waals surface area contributed by atoms with Crippen LogP contribution in [0, 0.1) is 78.2 Å². The number of hydrogen-bond donors (Lipinski definition) is 0. The van der Waals surface area contributed by atoms with Crippen LogP contribution < -0.4 is 0 Å². The fourth-order valence-electron chi connectivity index (χ4n) is 22.4. The van der Waals surface area contributed by atoms with E-state index < -0.39 is 0 Å². The highest BCUT2D eigenvalue weighted by Crippen LogP contribution is 2.51. The maximum atomic E-state index is 10.2. The van der Waals surface area contributed by atoms with E-state index in [2.05, 4.69) is 282 Å². The molecule has 6 aromatic heterocycles. The molecule has 0 aliphatic carbocycles. The smallest absolute Gasteiger partial charge is 0.195 e. The Hall–Kier alpha value is -22.2. The molecule has 0 amide bonds. The van der Waals surface area contributed by atoms with Gasteiger partial charge in [-0.2, -0.15) is 21.0 Å². The van der Waals surface area contributed by atoms with Crippen LogP contribution in [-0.4, -0.2) is 27.4 Å². The molecule has 0 saturated heterocycles. The summed E-state index contributed by atoms with van der Waals surface area (Å²) in [7, 11) is 0. The second kappa shape index (κ2) is 37.0. The van der Waals surface area contributed by atoms with E-state index in [1.54, 1.807) is 0 Å². The number of benzene rings is 21. The van der Waals surface area contributed by atoms with E-state index in [0.29, 0.717) is 50.7 Å². The largest absolute Gasteiger partial charge is 0.310 e. The highest BCUT2D eigenvalue weighted by atomic mass is 15.0. The number of para-hydroxylation sites is 10. The lowest BCUT2D eigenvalue weighted by atomic mass is 9.91. The molecule has 0 N–H and O–H groups in total. The molecule has 0 aliphatic heterocycles. The quantitative estimate of drug-likeness (QED) is 0.112. The van der Waals surface area contributed by atoms with Gasteiger partial charge in [0.2, 0.25) is 0 Å². The number of nitrogens with zero attached hydrogens (tertiary/aromatic N) is 15. The number of hydrogen-bond acceptors (Lipinski definition) is 4. The predicted octanol–water partition coefficient (Wildman–Crippen LogP) is 35.9. The van der Waals surface area contributed by atoms with Crippen LogP contribution in [0.1, 0.15) is 22.3 Å². The van der Waals surface area contributed by atoms with E-state index in [-0.39, 0.29) is 0 Å². The minimum absolute atomic E-state index is 0.552. The molecule has 6 heterocycles. The third-order valence-electron chi connectivity index (χ3n) is 28.8. The van der Waals surface area contributed by atoms with Crippen molar-refractivity contribution in [1.29, 1.82) is 21.0 Å². The molecule has 0 fully saturated rings. The van der Waals surface area contributed by atoms with Gasteiger partial charge in [-0.1, -0.05) is 285 Å². The van der Waals surface area contributed by atoms with Gasteiger partial charge in [-0.3, -0.25) is 0 Å². The van der Waals surface area contributed by atoms with Gasteiger partial charge in [-0.15, -0.1) is 0 Å². The zero-order valence-corrected chi connectivity index (χ0v) is 80.0. The standard InChI is InChI=1S/3C45H25N5/c1-47-31-21-24-36-34-10-3-7-16-41(34)50(44(36)27-31)42-17-8-5-12-37(42)45-33(13-9-14-39(45)48-2)30-19-22-32(23-20-30)49-40-15-6-4-11-35(40)38-26-29(28-46)18-25-43(38)49;1-47-31-21-25-44-38(27-31)35-11-4-7-16-41(35)50(44)42-17-8-5-12-36(42)45-33(13-9-14-39(45)48-2)30-19-22-32(23-20-30)49-40-15-6-3-10-34(40)37-26-29(28-46)18-24-43(37)49;1-48-39-16-9-14-33(30-21-23-32(24-22-30)49-40-17-5-3-12-35(40)38-26-29(27-46)20-25-43(38)49)44(39)37-13-4-7-19-42(37)50-41-18-6-2-11-34(41)36-15-8-10-31(28-47)45(36)50/h2*3-27H;2-26H. The monoisotopic (exact) mass is 1910 g/mol. The van der Waals surface area contributed by atoms with E-state index in [1.807, 2.05) is 249 Å². The Bertz CT molecular complexity index is 10800. The molecule has 27 aromatic rings. The van der Waals surface area contributed by atoms with Crippen LogP contribution in [0.15, 0.2) is 455 Å². The molecule has 21 aromatic carbocycles. The second-order valence-corrected chi connectivity index (χ2v) is 36.7. The SMILES string of the molecule is [C-]#[N+]c1ccc2c(c1)c1ccccc1n2-c1ccccc1-c1c([N+]#[C-])cccc1-c1ccc(-n2c3ccccc3c3cc(C#N)ccc32)cc1.[C-]#[N+]c1ccc2c3ccccc3n(-c3ccccc3-c3c([N+]#[C-])cccc3-c3ccc(-n4c5ccccc5c5cc(C#N)ccc54)cc3)c2c1.[C-]#[N+]c1cccc(-c2ccc(-n3c4ccccc4c4cc(C#N)ccc43)cc2)c1-c1ccccc1-n1c2ccccc2c2cccc(C#N)c21. The van der Waals surface area contributed by atoms with Crippen LogP contribution in [0.5, 0.6) is 0 Å². The third kappa shape index (κ3) is 14.7. The van der Waals surface area contributed by atoms with Gasteiger partial charge < -0.3 is 27.4 Å². The van der Waals surface area contributed by atoms with E-state index in [1.165, 1.54) is 0 Å².